The molecule has 7 heteroatoms. The molecule has 4 rings (SSSR count). The van der Waals surface area contributed by atoms with Gasteiger partial charge in [0.2, 0.25) is 11.8 Å². The molecule has 2 amide bonds. The molecule has 2 saturated heterocycles. The number of benzene rings is 1. The van der Waals surface area contributed by atoms with Crippen LogP contribution in [0.3, 0.4) is 0 Å². The van der Waals surface area contributed by atoms with Gasteiger partial charge in [0, 0.05) is 38.7 Å². The van der Waals surface area contributed by atoms with Crippen LogP contribution in [0.15, 0.2) is 30.3 Å². The molecule has 2 aromatic rings. The third-order valence-electron chi connectivity index (χ3n) is 6.58. The number of hydrogen-bond donors (Lipinski definition) is 0. The van der Waals surface area contributed by atoms with Gasteiger partial charge in [-0.1, -0.05) is 18.2 Å². The number of carbonyl (C=O) groups is 2. The van der Waals surface area contributed by atoms with Crippen molar-refractivity contribution in [3.05, 3.63) is 47.3 Å². The number of hydrogen-bond acceptors (Lipinski definition) is 4. The number of ether oxygens (including phenoxy) is 1. The maximum atomic E-state index is 13.2. The standard InChI is InChI=1S/C24H32N4O3/c1-17-21(18(2)26(3)25-17)11-12-23(29)28-16-20(31-19-9-5-4-6-10-19)15-22(28)24(30)27-13-7-8-14-27/h4-6,9-10,20,22H,7-8,11-16H2,1-3H3/t20-,22-/m0/s1. The van der Waals surface area contributed by atoms with Crippen molar-refractivity contribution >= 4 is 11.8 Å². The normalized spacial score (nSPS) is 21.0. The van der Waals surface area contributed by atoms with Crippen LogP contribution in [-0.4, -0.2) is 63.2 Å². The Hall–Kier alpha value is -2.83. The van der Waals surface area contributed by atoms with Gasteiger partial charge in [-0.15, -0.1) is 0 Å². The summed E-state index contributed by atoms with van der Waals surface area (Å²) >= 11 is 0. The zero-order valence-corrected chi connectivity index (χ0v) is 18.7. The van der Waals surface area contributed by atoms with Crippen LogP contribution in [-0.2, 0) is 23.1 Å². The van der Waals surface area contributed by atoms with Crippen molar-refractivity contribution in [2.45, 2.75) is 58.1 Å². The molecule has 0 bridgehead atoms. The van der Waals surface area contributed by atoms with Crippen LogP contribution in [0.25, 0.3) is 0 Å². The van der Waals surface area contributed by atoms with E-state index in [1.165, 1.54) is 0 Å². The van der Waals surface area contributed by atoms with Gasteiger partial charge in [-0.2, -0.15) is 5.10 Å². The van der Waals surface area contributed by atoms with Crippen molar-refractivity contribution in [1.82, 2.24) is 19.6 Å². The zero-order chi connectivity index (χ0) is 22.0. The van der Waals surface area contributed by atoms with Crippen molar-refractivity contribution in [1.29, 1.82) is 0 Å². The molecular formula is C24H32N4O3. The zero-order valence-electron chi connectivity index (χ0n) is 18.7. The second kappa shape index (κ2) is 9.12. The predicted octanol–water partition coefficient (Wildman–Crippen LogP) is 2.64. The second-order valence-corrected chi connectivity index (χ2v) is 8.66. The Morgan fingerprint density at radius 3 is 2.48 bits per heavy atom. The Balaban J connectivity index is 1.47. The predicted molar refractivity (Wildman–Crippen MR) is 118 cm³/mol. The van der Waals surface area contributed by atoms with Gasteiger partial charge in [-0.3, -0.25) is 14.3 Å². The lowest BCUT2D eigenvalue weighted by atomic mass is 10.1. The highest BCUT2D eigenvalue weighted by Crippen LogP contribution is 2.27. The van der Waals surface area contributed by atoms with E-state index in [4.69, 9.17) is 4.74 Å². The summed E-state index contributed by atoms with van der Waals surface area (Å²) in [4.78, 5) is 30.1. The molecule has 7 nitrogen and oxygen atoms in total. The molecule has 3 heterocycles. The Morgan fingerprint density at radius 2 is 1.84 bits per heavy atom. The quantitative estimate of drug-likeness (QED) is 0.715. The van der Waals surface area contributed by atoms with Gasteiger partial charge in [-0.25, -0.2) is 0 Å². The number of amides is 2. The first-order valence-corrected chi connectivity index (χ1v) is 11.2. The lowest BCUT2D eigenvalue weighted by Gasteiger charge is -2.27. The average molecular weight is 425 g/mol. The Kier molecular flexibility index (Phi) is 6.30. The minimum atomic E-state index is -0.435. The van der Waals surface area contributed by atoms with Crippen LogP contribution < -0.4 is 4.74 Å². The summed E-state index contributed by atoms with van der Waals surface area (Å²) in [5.41, 5.74) is 3.17. The van der Waals surface area contributed by atoms with Crippen molar-refractivity contribution in [3.8, 4) is 5.75 Å². The molecule has 0 unspecified atom stereocenters. The molecular weight excluding hydrogens is 392 g/mol. The number of aromatic nitrogens is 2. The Labute approximate surface area is 184 Å². The molecule has 0 aliphatic carbocycles. The smallest absolute Gasteiger partial charge is 0.245 e. The summed E-state index contributed by atoms with van der Waals surface area (Å²) in [6, 6.07) is 9.19. The second-order valence-electron chi connectivity index (χ2n) is 8.66. The molecule has 1 aromatic carbocycles. The van der Waals surface area contributed by atoms with E-state index in [0.29, 0.717) is 25.8 Å². The number of aryl methyl sites for hydroxylation is 2. The fourth-order valence-electron chi connectivity index (χ4n) is 4.79. The topological polar surface area (TPSA) is 67.7 Å². The molecule has 2 aliphatic heterocycles. The molecule has 0 radical (unpaired) electrons. The number of rotatable bonds is 6. The summed E-state index contributed by atoms with van der Waals surface area (Å²) in [6.45, 7) is 6.03. The van der Waals surface area contributed by atoms with E-state index in [1.807, 2.05) is 60.8 Å². The van der Waals surface area contributed by atoms with Crippen molar-refractivity contribution < 1.29 is 14.3 Å². The first-order chi connectivity index (χ1) is 14.9. The third-order valence-corrected chi connectivity index (χ3v) is 6.58. The van der Waals surface area contributed by atoms with Gasteiger partial charge < -0.3 is 14.5 Å². The van der Waals surface area contributed by atoms with Gasteiger partial charge in [0.15, 0.2) is 0 Å². The van der Waals surface area contributed by atoms with Gasteiger partial charge >= 0.3 is 0 Å². The molecule has 0 N–H and O–H groups in total. The molecule has 166 valence electrons. The third kappa shape index (κ3) is 4.60. The molecule has 0 saturated carbocycles. The SMILES string of the molecule is Cc1nn(C)c(C)c1CCC(=O)N1C[C@@H](Oc2ccccc2)C[C@H]1C(=O)N1CCCC1. The van der Waals surface area contributed by atoms with Crippen LogP contribution in [0.4, 0.5) is 0 Å². The maximum Gasteiger partial charge on any atom is 0.245 e. The Morgan fingerprint density at radius 1 is 1.13 bits per heavy atom. The highest BCUT2D eigenvalue weighted by molar-refractivity contribution is 5.88. The van der Waals surface area contributed by atoms with Crippen molar-refractivity contribution in [3.63, 3.8) is 0 Å². The van der Waals surface area contributed by atoms with E-state index in [9.17, 15) is 9.59 Å². The van der Waals surface area contributed by atoms with Crippen LogP contribution in [0, 0.1) is 13.8 Å². The Bertz CT molecular complexity index is 934. The van der Waals surface area contributed by atoms with Gasteiger partial charge in [0.25, 0.3) is 0 Å². The highest BCUT2D eigenvalue weighted by Gasteiger charge is 2.42. The fraction of sp³-hybridized carbons (Fsp3) is 0.542. The van der Waals surface area contributed by atoms with Crippen LogP contribution in [0.2, 0.25) is 0 Å². The minimum Gasteiger partial charge on any atom is -0.488 e. The lowest BCUT2D eigenvalue weighted by molar-refractivity contribution is -0.143. The van der Waals surface area contributed by atoms with Crippen LogP contribution in [0.1, 0.15) is 42.6 Å². The van der Waals surface area contributed by atoms with Crippen LogP contribution >= 0.6 is 0 Å². The number of nitrogens with zero attached hydrogens (tertiary/aromatic N) is 4. The molecule has 31 heavy (non-hydrogen) atoms. The van der Waals surface area contributed by atoms with E-state index >= 15 is 0 Å². The molecule has 2 atom stereocenters. The number of likely N-dealkylation sites (tertiary alicyclic amines) is 2. The van der Waals surface area contributed by atoms with E-state index < -0.39 is 6.04 Å². The maximum absolute atomic E-state index is 13.2. The summed E-state index contributed by atoms with van der Waals surface area (Å²) in [7, 11) is 1.92. The van der Waals surface area contributed by atoms with Gasteiger partial charge in [-0.05, 0) is 50.8 Å². The van der Waals surface area contributed by atoms with E-state index in [-0.39, 0.29) is 17.9 Å². The summed E-state index contributed by atoms with van der Waals surface area (Å²) in [5.74, 6) is 0.855. The molecule has 0 spiro atoms. The lowest BCUT2D eigenvalue weighted by Crippen LogP contribution is -2.47. The summed E-state index contributed by atoms with van der Waals surface area (Å²) < 4.78 is 7.98. The number of carbonyl (C=O) groups excluding carboxylic acids is 2. The first-order valence-electron chi connectivity index (χ1n) is 11.2. The van der Waals surface area contributed by atoms with Crippen molar-refractivity contribution in [2.24, 2.45) is 7.05 Å². The van der Waals surface area contributed by atoms with E-state index in [1.54, 1.807) is 4.90 Å². The molecule has 2 fully saturated rings. The highest BCUT2D eigenvalue weighted by atomic mass is 16.5. The summed E-state index contributed by atoms with van der Waals surface area (Å²) in [5, 5.41) is 4.45. The number of para-hydroxylation sites is 1. The van der Waals surface area contributed by atoms with Gasteiger partial charge in [0.05, 0.1) is 12.2 Å². The van der Waals surface area contributed by atoms with E-state index in [2.05, 4.69) is 5.10 Å². The fourth-order valence-corrected chi connectivity index (χ4v) is 4.79. The average Bonchev–Trinajstić information content (AvgIpc) is 3.48. The minimum absolute atomic E-state index is 0.0133. The van der Waals surface area contributed by atoms with Crippen molar-refractivity contribution in [2.75, 3.05) is 19.6 Å². The largest absolute Gasteiger partial charge is 0.488 e. The van der Waals surface area contributed by atoms with Gasteiger partial charge in [0.1, 0.15) is 17.9 Å². The van der Waals surface area contributed by atoms with Crippen LogP contribution in [0.5, 0.6) is 5.75 Å². The first kappa shape index (κ1) is 21.4. The molecule has 1 aromatic heterocycles. The summed E-state index contributed by atoms with van der Waals surface area (Å²) in [6.07, 6.45) is 3.45. The van der Waals surface area contributed by atoms with E-state index in [0.717, 1.165) is 48.6 Å². The monoisotopic (exact) mass is 424 g/mol. The molecule has 2 aliphatic rings.